The first kappa shape index (κ1) is 15.3. The summed E-state index contributed by atoms with van der Waals surface area (Å²) in [5, 5.41) is 9.29. The molecule has 2 rings (SSSR count). The molecule has 112 valence electrons. The van der Waals surface area contributed by atoms with E-state index in [0.29, 0.717) is 13.0 Å². The quantitative estimate of drug-likeness (QED) is 0.870. The highest BCUT2D eigenvalue weighted by molar-refractivity contribution is 5.92. The van der Waals surface area contributed by atoms with Crippen molar-refractivity contribution >= 4 is 18.0 Å². The van der Waals surface area contributed by atoms with Crippen molar-refractivity contribution in [3.8, 4) is 0 Å². The van der Waals surface area contributed by atoms with E-state index in [9.17, 15) is 14.7 Å². The summed E-state index contributed by atoms with van der Waals surface area (Å²) in [5.74, 6) is -0.951. The lowest BCUT2D eigenvalue weighted by molar-refractivity contribution is -0.152. The number of hydrogen-bond donors (Lipinski definition) is 1. The molecule has 0 radical (unpaired) electrons. The van der Waals surface area contributed by atoms with Gasteiger partial charge in [0.2, 0.25) is 5.91 Å². The van der Waals surface area contributed by atoms with E-state index in [0.717, 1.165) is 17.5 Å². The van der Waals surface area contributed by atoms with E-state index < -0.39 is 11.4 Å². The highest BCUT2D eigenvalue weighted by atomic mass is 16.4. The number of amides is 1. The van der Waals surface area contributed by atoms with Crippen LogP contribution in [-0.4, -0.2) is 35.0 Å². The minimum absolute atomic E-state index is 0.120. The molecule has 0 aromatic heterocycles. The van der Waals surface area contributed by atoms with Gasteiger partial charge >= 0.3 is 5.97 Å². The number of carboxylic acid groups (broad SMARTS) is 1. The molecule has 1 N–H and O–H groups in total. The van der Waals surface area contributed by atoms with Crippen LogP contribution in [0.1, 0.15) is 30.9 Å². The molecule has 1 atom stereocenters. The Hall–Kier alpha value is -2.10. The number of carboxylic acids is 1. The van der Waals surface area contributed by atoms with Crippen LogP contribution in [0.25, 0.3) is 6.08 Å². The van der Waals surface area contributed by atoms with Crippen molar-refractivity contribution in [2.45, 2.75) is 26.7 Å². The fourth-order valence-electron chi connectivity index (χ4n) is 2.64. The second-order valence-corrected chi connectivity index (χ2v) is 5.92. The number of aryl methyl sites for hydroxylation is 1. The molecule has 1 aliphatic heterocycles. The number of rotatable bonds is 3. The van der Waals surface area contributed by atoms with E-state index in [1.807, 2.05) is 31.2 Å². The lowest BCUT2D eigenvalue weighted by Gasteiger charge is -2.37. The van der Waals surface area contributed by atoms with E-state index in [1.165, 1.54) is 6.08 Å². The largest absolute Gasteiger partial charge is 0.481 e. The van der Waals surface area contributed by atoms with E-state index >= 15 is 0 Å². The Balaban J connectivity index is 2.07. The van der Waals surface area contributed by atoms with Crippen LogP contribution < -0.4 is 0 Å². The van der Waals surface area contributed by atoms with Gasteiger partial charge in [0, 0.05) is 19.2 Å². The smallest absolute Gasteiger partial charge is 0.311 e. The average molecular weight is 287 g/mol. The number of benzene rings is 1. The SMILES string of the molecule is Cc1ccccc1C=CC(=O)N1CCCC(C)(C(=O)O)C1. The first-order valence-corrected chi connectivity index (χ1v) is 7.18. The summed E-state index contributed by atoms with van der Waals surface area (Å²) in [6.07, 6.45) is 4.68. The Morgan fingerprint density at radius 1 is 1.33 bits per heavy atom. The third kappa shape index (κ3) is 3.51. The summed E-state index contributed by atoms with van der Waals surface area (Å²) in [4.78, 5) is 25.2. The van der Waals surface area contributed by atoms with E-state index in [1.54, 1.807) is 17.9 Å². The first-order chi connectivity index (χ1) is 9.92. The van der Waals surface area contributed by atoms with Crippen LogP contribution in [0, 0.1) is 12.3 Å². The molecule has 1 fully saturated rings. The zero-order valence-corrected chi connectivity index (χ0v) is 12.5. The van der Waals surface area contributed by atoms with Crippen molar-refractivity contribution < 1.29 is 14.7 Å². The number of piperidine rings is 1. The fraction of sp³-hybridized carbons (Fsp3) is 0.412. The molecule has 4 heteroatoms. The van der Waals surface area contributed by atoms with Gasteiger partial charge in [0.05, 0.1) is 5.41 Å². The predicted molar refractivity (Wildman–Crippen MR) is 81.8 cm³/mol. The number of likely N-dealkylation sites (tertiary alicyclic amines) is 1. The van der Waals surface area contributed by atoms with Crippen molar-refractivity contribution in [1.29, 1.82) is 0 Å². The maximum atomic E-state index is 12.2. The Labute approximate surface area is 125 Å². The van der Waals surface area contributed by atoms with Crippen LogP contribution in [0.3, 0.4) is 0 Å². The molecule has 1 unspecified atom stereocenters. The lowest BCUT2D eigenvalue weighted by Crippen LogP contribution is -2.47. The summed E-state index contributed by atoms with van der Waals surface area (Å²) < 4.78 is 0. The zero-order valence-electron chi connectivity index (χ0n) is 12.5. The van der Waals surface area contributed by atoms with Crippen molar-refractivity contribution in [3.63, 3.8) is 0 Å². The lowest BCUT2D eigenvalue weighted by atomic mass is 9.82. The van der Waals surface area contributed by atoms with E-state index in [2.05, 4.69) is 0 Å². The minimum Gasteiger partial charge on any atom is -0.481 e. The Morgan fingerprint density at radius 2 is 2.05 bits per heavy atom. The Morgan fingerprint density at radius 3 is 2.71 bits per heavy atom. The average Bonchev–Trinajstić information content (AvgIpc) is 2.46. The molecular formula is C17H21NO3. The Bertz CT molecular complexity index is 579. The van der Waals surface area contributed by atoms with Crippen LogP contribution in [0.2, 0.25) is 0 Å². The van der Waals surface area contributed by atoms with Crippen molar-refractivity contribution in [2.75, 3.05) is 13.1 Å². The number of hydrogen-bond acceptors (Lipinski definition) is 2. The Kier molecular flexibility index (Phi) is 4.46. The van der Waals surface area contributed by atoms with Gasteiger partial charge in [0.15, 0.2) is 0 Å². The maximum Gasteiger partial charge on any atom is 0.311 e. The normalized spacial score (nSPS) is 22.5. The highest BCUT2D eigenvalue weighted by Crippen LogP contribution is 2.29. The predicted octanol–water partition coefficient (Wildman–Crippen LogP) is 2.72. The van der Waals surface area contributed by atoms with Gasteiger partial charge in [-0.2, -0.15) is 0 Å². The van der Waals surface area contributed by atoms with Crippen molar-refractivity contribution in [3.05, 3.63) is 41.5 Å². The van der Waals surface area contributed by atoms with Crippen molar-refractivity contribution in [1.82, 2.24) is 4.90 Å². The van der Waals surface area contributed by atoms with Gasteiger partial charge in [0.1, 0.15) is 0 Å². The fourth-order valence-corrected chi connectivity index (χ4v) is 2.64. The maximum absolute atomic E-state index is 12.2. The molecule has 1 saturated heterocycles. The molecule has 0 saturated carbocycles. The molecular weight excluding hydrogens is 266 g/mol. The number of carbonyl (C=O) groups is 2. The van der Waals surface area contributed by atoms with Gasteiger partial charge in [-0.25, -0.2) is 0 Å². The summed E-state index contributed by atoms with van der Waals surface area (Å²) in [7, 11) is 0. The molecule has 1 amide bonds. The van der Waals surface area contributed by atoms with E-state index in [-0.39, 0.29) is 12.5 Å². The van der Waals surface area contributed by atoms with Gasteiger partial charge < -0.3 is 10.0 Å². The third-order valence-electron chi connectivity index (χ3n) is 4.12. The number of aliphatic carboxylic acids is 1. The van der Waals surface area contributed by atoms with Crippen LogP contribution in [0.5, 0.6) is 0 Å². The highest BCUT2D eigenvalue weighted by Gasteiger charge is 2.38. The summed E-state index contributed by atoms with van der Waals surface area (Å²) in [6, 6.07) is 7.83. The van der Waals surface area contributed by atoms with Crippen LogP contribution >= 0.6 is 0 Å². The van der Waals surface area contributed by atoms with Crippen LogP contribution in [0.4, 0.5) is 0 Å². The molecule has 1 aliphatic rings. The summed E-state index contributed by atoms with van der Waals surface area (Å²) in [6.45, 7) is 4.60. The monoisotopic (exact) mass is 287 g/mol. The van der Waals surface area contributed by atoms with Gasteiger partial charge in [0.25, 0.3) is 0 Å². The van der Waals surface area contributed by atoms with Gasteiger partial charge in [-0.05, 0) is 43.9 Å². The molecule has 0 spiro atoms. The third-order valence-corrected chi connectivity index (χ3v) is 4.12. The first-order valence-electron chi connectivity index (χ1n) is 7.18. The molecule has 1 aromatic rings. The second-order valence-electron chi connectivity index (χ2n) is 5.92. The molecule has 1 heterocycles. The molecule has 21 heavy (non-hydrogen) atoms. The number of carbonyl (C=O) groups excluding carboxylic acids is 1. The zero-order chi connectivity index (χ0) is 15.5. The molecule has 1 aromatic carbocycles. The van der Waals surface area contributed by atoms with Crippen LogP contribution in [0.15, 0.2) is 30.3 Å². The second kappa shape index (κ2) is 6.12. The molecule has 0 aliphatic carbocycles. The molecule has 4 nitrogen and oxygen atoms in total. The van der Waals surface area contributed by atoms with Gasteiger partial charge in [-0.3, -0.25) is 9.59 Å². The minimum atomic E-state index is -0.831. The topological polar surface area (TPSA) is 57.6 Å². The summed E-state index contributed by atoms with van der Waals surface area (Å²) >= 11 is 0. The summed E-state index contributed by atoms with van der Waals surface area (Å²) in [5.41, 5.74) is 1.28. The number of nitrogens with zero attached hydrogens (tertiary/aromatic N) is 1. The van der Waals surface area contributed by atoms with E-state index in [4.69, 9.17) is 0 Å². The van der Waals surface area contributed by atoms with Crippen molar-refractivity contribution in [2.24, 2.45) is 5.41 Å². The standard InChI is InChI=1S/C17H21NO3/c1-13-6-3-4-7-14(13)8-9-15(19)18-11-5-10-17(2,12-18)16(20)21/h3-4,6-9H,5,10-12H2,1-2H3,(H,20,21). The van der Waals surface area contributed by atoms with Gasteiger partial charge in [-0.15, -0.1) is 0 Å². The van der Waals surface area contributed by atoms with Crippen LogP contribution in [-0.2, 0) is 9.59 Å². The van der Waals surface area contributed by atoms with Gasteiger partial charge in [-0.1, -0.05) is 24.3 Å². The molecule has 0 bridgehead atoms.